The number of hydrogen-bond acceptors (Lipinski definition) is 3. The second-order valence-corrected chi connectivity index (χ2v) is 7.16. The van der Waals surface area contributed by atoms with E-state index in [0.29, 0.717) is 11.5 Å². The zero-order chi connectivity index (χ0) is 18.8. The summed E-state index contributed by atoms with van der Waals surface area (Å²) in [6.07, 6.45) is 7.84. The van der Waals surface area contributed by atoms with Crippen molar-refractivity contribution in [3.8, 4) is 11.5 Å². The highest BCUT2D eigenvalue weighted by Crippen LogP contribution is 2.41. The maximum absolute atomic E-state index is 13.0. The molecule has 0 N–H and O–H groups in total. The van der Waals surface area contributed by atoms with Crippen LogP contribution in [-0.4, -0.2) is 19.1 Å². The summed E-state index contributed by atoms with van der Waals surface area (Å²) in [5.74, 6) is 1.39. The molecule has 1 aliphatic heterocycles. The third-order valence-corrected chi connectivity index (χ3v) is 5.50. The molecule has 140 valence electrons. The van der Waals surface area contributed by atoms with Gasteiger partial charge in [0.2, 0.25) is 0 Å². The van der Waals surface area contributed by atoms with Crippen molar-refractivity contribution in [2.75, 3.05) is 12.0 Å². The van der Waals surface area contributed by atoms with Crippen molar-refractivity contribution >= 4 is 11.6 Å². The summed E-state index contributed by atoms with van der Waals surface area (Å²) in [5, 5.41) is 0. The minimum Gasteiger partial charge on any atom is -0.493 e. The molecule has 0 aromatic heterocycles. The Morgan fingerprint density at radius 1 is 1.07 bits per heavy atom. The van der Waals surface area contributed by atoms with E-state index in [0.717, 1.165) is 29.7 Å². The van der Waals surface area contributed by atoms with Gasteiger partial charge in [0.05, 0.1) is 19.3 Å². The topological polar surface area (TPSA) is 38.8 Å². The first-order valence-corrected chi connectivity index (χ1v) is 9.62. The van der Waals surface area contributed by atoms with Gasteiger partial charge in [-0.1, -0.05) is 30.7 Å². The molecule has 4 rings (SSSR count). The third-order valence-electron chi connectivity index (χ3n) is 5.50. The Kier molecular flexibility index (Phi) is 4.88. The number of nitrogens with zero attached hydrogens (tertiary/aromatic N) is 1. The van der Waals surface area contributed by atoms with E-state index in [-0.39, 0.29) is 18.1 Å². The second kappa shape index (κ2) is 7.47. The first kappa shape index (κ1) is 17.7. The molecular weight excluding hydrogens is 338 g/mol. The lowest BCUT2D eigenvalue weighted by Crippen LogP contribution is -2.27. The fourth-order valence-electron chi connectivity index (χ4n) is 4.12. The number of carbonyl (C=O) groups is 1. The van der Waals surface area contributed by atoms with Crippen LogP contribution in [0.4, 0.5) is 5.69 Å². The van der Waals surface area contributed by atoms with Gasteiger partial charge in [-0.15, -0.1) is 6.58 Å². The largest absolute Gasteiger partial charge is 0.493 e. The molecule has 1 heterocycles. The molecule has 0 bridgehead atoms. The number of carbonyl (C=O) groups excluding carboxylic acids is 1. The summed E-state index contributed by atoms with van der Waals surface area (Å²) in [5.41, 5.74) is 2.52. The van der Waals surface area contributed by atoms with Crippen LogP contribution in [0.2, 0.25) is 0 Å². The maximum atomic E-state index is 13.0. The van der Waals surface area contributed by atoms with Crippen LogP contribution < -0.4 is 14.4 Å². The molecule has 2 aromatic carbocycles. The summed E-state index contributed by atoms with van der Waals surface area (Å²) >= 11 is 0. The molecule has 4 nitrogen and oxygen atoms in total. The van der Waals surface area contributed by atoms with Gasteiger partial charge >= 0.3 is 0 Å². The van der Waals surface area contributed by atoms with E-state index >= 15 is 0 Å². The summed E-state index contributed by atoms with van der Waals surface area (Å²) in [6, 6.07) is 13.2. The zero-order valence-electron chi connectivity index (χ0n) is 15.7. The number of anilines is 1. The Labute approximate surface area is 160 Å². The Bertz CT molecular complexity index is 854. The lowest BCUT2D eigenvalue weighted by molar-refractivity contribution is 0.0994. The Morgan fingerprint density at radius 3 is 2.59 bits per heavy atom. The van der Waals surface area contributed by atoms with E-state index in [2.05, 4.69) is 6.58 Å². The number of benzene rings is 2. The molecule has 0 saturated heterocycles. The lowest BCUT2D eigenvalue weighted by atomic mass is 9.98. The number of methoxy groups -OCH3 is 1. The molecule has 1 fully saturated rings. The number of amides is 1. The lowest BCUT2D eigenvalue weighted by Gasteiger charge is -2.27. The van der Waals surface area contributed by atoms with Gasteiger partial charge in [0.15, 0.2) is 11.5 Å². The van der Waals surface area contributed by atoms with Crippen LogP contribution in [0.25, 0.3) is 0 Å². The minimum atomic E-state index is -0.176. The molecule has 0 spiro atoms. The van der Waals surface area contributed by atoms with Crippen LogP contribution in [0.5, 0.6) is 11.5 Å². The molecular formula is C23H25NO3. The summed E-state index contributed by atoms with van der Waals surface area (Å²) < 4.78 is 11.8. The van der Waals surface area contributed by atoms with Crippen molar-refractivity contribution in [1.29, 1.82) is 0 Å². The quantitative estimate of drug-likeness (QED) is 0.677. The van der Waals surface area contributed by atoms with Gasteiger partial charge in [-0.3, -0.25) is 9.69 Å². The molecule has 0 radical (unpaired) electrons. The van der Waals surface area contributed by atoms with Crippen LogP contribution in [0.15, 0.2) is 55.1 Å². The summed E-state index contributed by atoms with van der Waals surface area (Å²) in [4.78, 5) is 14.8. The number of hydrogen-bond donors (Lipinski definition) is 0. The third kappa shape index (κ3) is 3.20. The van der Waals surface area contributed by atoms with Gasteiger partial charge in [0.1, 0.15) is 0 Å². The number of rotatable bonds is 5. The molecule has 1 atom stereocenters. The maximum Gasteiger partial charge on any atom is 0.259 e. The normalized spacial score (nSPS) is 19.7. The zero-order valence-corrected chi connectivity index (χ0v) is 15.7. The van der Waals surface area contributed by atoms with Crippen LogP contribution in [0, 0.1) is 0 Å². The Morgan fingerprint density at radius 2 is 1.85 bits per heavy atom. The van der Waals surface area contributed by atoms with Gasteiger partial charge in [0.25, 0.3) is 5.91 Å². The molecule has 2 aliphatic rings. The van der Waals surface area contributed by atoms with E-state index in [4.69, 9.17) is 9.47 Å². The van der Waals surface area contributed by atoms with E-state index in [1.54, 1.807) is 12.0 Å². The van der Waals surface area contributed by atoms with Crippen molar-refractivity contribution in [1.82, 2.24) is 0 Å². The van der Waals surface area contributed by atoms with Gasteiger partial charge in [-0.25, -0.2) is 0 Å². The smallest absolute Gasteiger partial charge is 0.259 e. The molecule has 1 amide bonds. The fraction of sp³-hybridized carbons (Fsp3) is 0.348. The van der Waals surface area contributed by atoms with Gasteiger partial charge in [-0.2, -0.15) is 0 Å². The van der Waals surface area contributed by atoms with E-state index in [1.807, 2.05) is 48.5 Å². The van der Waals surface area contributed by atoms with E-state index < -0.39 is 0 Å². The second-order valence-electron chi connectivity index (χ2n) is 7.16. The predicted molar refractivity (Wildman–Crippen MR) is 107 cm³/mol. The van der Waals surface area contributed by atoms with Gasteiger partial charge < -0.3 is 9.47 Å². The molecule has 4 heteroatoms. The van der Waals surface area contributed by atoms with Crippen LogP contribution in [-0.2, 0) is 0 Å². The number of ether oxygens (including phenoxy) is 2. The first-order chi connectivity index (χ1) is 13.2. The summed E-state index contributed by atoms with van der Waals surface area (Å²) in [6.45, 7) is 3.95. The van der Waals surface area contributed by atoms with Crippen molar-refractivity contribution in [3.63, 3.8) is 0 Å². The van der Waals surface area contributed by atoms with Crippen molar-refractivity contribution in [2.24, 2.45) is 0 Å². The molecule has 1 saturated carbocycles. The molecule has 1 aliphatic carbocycles. The highest BCUT2D eigenvalue weighted by Gasteiger charge is 2.36. The SMILES string of the molecule is C=CC1c2ccccc2C(=O)N1c1ccc(OC)c(OC2CCCCC2)c1. The van der Waals surface area contributed by atoms with Crippen molar-refractivity contribution in [2.45, 2.75) is 44.2 Å². The first-order valence-electron chi connectivity index (χ1n) is 9.62. The van der Waals surface area contributed by atoms with E-state index in [9.17, 15) is 4.79 Å². The van der Waals surface area contributed by atoms with Gasteiger partial charge in [-0.05, 0) is 49.4 Å². The molecule has 1 unspecified atom stereocenters. The standard InChI is InChI=1S/C23H25NO3/c1-3-20-18-11-7-8-12-19(18)23(25)24(20)16-13-14-21(26-2)22(15-16)27-17-9-5-4-6-10-17/h3,7-8,11-15,17,20H,1,4-6,9-10H2,2H3. The van der Waals surface area contributed by atoms with Gasteiger partial charge in [0, 0.05) is 17.3 Å². The van der Waals surface area contributed by atoms with E-state index in [1.165, 1.54) is 19.3 Å². The highest BCUT2D eigenvalue weighted by atomic mass is 16.5. The van der Waals surface area contributed by atoms with Crippen molar-refractivity contribution < 1.29 is 14.3 Å². The molecule has 27 heavy (non-hydrogen) atoms. The monoisotopic (exact) mass is 363 g/mol. The minimum absolute atomic E-state index is 0.00992. The fourth-order valence-corrected chi connectivity index (χ4v) is 4.12. The summed E-state index contributed by atoms with van der Waals surface area (Å²) in [7, 11) is 1.64. The van der Waals surface area contributed by atoms with Crippen LogP contribution in [0.3, 0.4) is 0 Å². The molecule has 2 aromatic rings. The van der Waals surface area contributed by atoms with Crippen molar-refractivity contribution in [3.05, 3.63) is 66.2 Å². The Hall–Kier alpha value is -2.75. The Balaban J connectivity index is 1.68. The number of fused-ring (bicyclic) bond motifs is 1. The predicted octanol–water partition coefficient (Wildman–Crippen LogP) is 5.29. The highest BCUT2D eigenvalue weighted by molar-refractivity contribution is 6.11. The average Bonchev–Trinajstić information content (AvgIpc) is 3.01. The average molecular weight is 363 g/mol. The van der Waals surface area contributed by atoms with Crippen LogP contribution >= 0.6 is 0 Å². The van der Waals surface area contributed by atoms with Crippen LogP contribution in [0.1, 0.15) is 54.1 Å².